The highest BCUT2D eigenvalue weighted by atomic mass is 32.1. The van der Waals surface area contributed by atoms with Crippen LogP contribution in [-0.2, 0) is 12.8 Å². The first-order chi connectivity index (χ1) is 12.3. The number of methoxy groups -OCH3 is 1. The highest BCUT2D eigenvalue weighted by Gasteiger charge is 2.11. The Morgan fingerprint density at radius 3 is 2.68 bits per heavy atom. The standard InChI is InChI=1S/C20H20N2O2S/c1-24-18-10-6-5-9-17(18)20(23)21-12-11-19-22-14-16(25-19)13-15-7-3-2-4-8-15/h2-10,14H,11-13H2,1H3,(H,21,23). The summed E-state index contributed by atoms with van der Waals surface area (Å²) in [6.45, 7) is 0.551. The van der Waals surface area contributed by atoms with Gasteiger partial charge in [0.05, 0.1) is 17.7 Å². The Balaban J connectivity index is 1.52. The molecule has 1 heterocycles. The van der Waals surface area contributed by atoms with Crippen molar-refractivity contribution in [1.82, 2.24) is 10.3 Å². The van der Waals surface area contributed by atoms with E-state index in [1.807, 2.05) is 36.5 Å². The number of hydrogen-bond acceptors (Lipinski definition) is 4. The molecule has 0 aliphatic heterocycles. The maximum Gasteiger partial charge on any atom is 0.255 e. The van der Waals surface area contributed by atoms with Crippen molar-refractivity contribution in [3.05, 3.63) is 81.8 Å². The van der Waals surface area contributed by atoms with Crippen molar-refractivity contribution in [3.63, 3.8) is 0 Å². The zero-order valence-electron chi connectivity index (χ0n) is 14.1. The summed E-state index contributed by atoms with van der Waals surface area (Å²) in [4.78, 5) is 17.9. The molecule has 3 rings (SSSR count). The second-order valence-corrected chi connectivity index (χ2v) is 6.79. The van der Waals surface area contributed by atoms with Gasteiger partial charge in [-0.15, -0.1) is 11.3 Å². The Morgan fingerprint density at radius 2 is 1.88 bits per heavy atom. The van der Waals surface area contributed by atoms with E-state index in [1.165, 1.54) is 10.4 Å². The van der Waals surface area contributed by atoms with E-state index in [9.17, 15) is 4.79 Å². The van der Waals surface area contributed by atoms with E-state index in [0.29, 0.717) is 17.9 Å². The molecule has 128 valence electrons. The number of ether oxygens (including phenoxy) is 1. The fourth-order valence-corrected chi connectivity index (χ4v) is 3.51. The third-order valence-electron chi connectivity index (χ3n) is 3.80. The van der Waals surface area contributed by atoms with E-state index < -0.39 is 0 Å². The fraction of sp³-hybridized carbons (Fsp3) is 0.200. The molecule has 0 aliphatic carbocycles. The zero-order chi connectivity index (χ0) is 17.5. The highest BCUT2D eigenvalue weighted by Crippen LogP contribution is 2.18. The number of thiazole rings is 1. The number of para-hydroxylation sites is 1. The Hall–Kier alpha value is -2.66. The van der Waals surface area contributed by atoms with Gasteiger partial charge < -0.3 is 10.1 Å². The molecule has 4 nitrogen and oxygen atoms in total. The first-order valence-corrected chi connectivity index (χ1v) is 8.96. The van der Waals surface area contributed by atoms with Crippen LogP contribution in [0.5, 0.6) is 5.75 Å². The summed E-state index contributed by atoms with van der Waals surface area (Å²) in [5, 5.41) is 3.96. The minimum atomic E-state index is -0.126. The second-order valence-electron chi connectivity index (χ2n) is 5.59. The third-order valence-corrected chi connectivity index (χ3v) is 4.86. The van der Waals surface area contributed by atoms with Crippen molar-refractivity contribution in [2.24, 2.45) is 0 Å². The molecule has 1 N–H and O–H groups in total. The van der Waals surface area contributed by atoms with Gasteiger partial charge >= 0.3 is 0 Å². The number of rotatable bonds is 7. The minimum Gasteiger partial charge on any atom is -0.496 e. The van der Waals surface area contributed by atoms with Crippen LogP contribution in [0.1, 0.15) is 25.8 Å². The molecule has 0 spiro atoms. The monoisotopic (exact) mass is 352 g/mol. The van der Waals surface area contributed by atoms with Crippen LogP contribution in [0.3, 0.4) is 0 Å². The lowest BCUT2D eigenvalue weighted by molar-refractivity contribution is 0.0951. The molecule has 1 amide bonds. The Morgan fingerprint density at radius 1 is 1.12 bits per heavy atom. The van der Waals surface area contributed by atoms with Crippen molar-refractivity contribution >= 4 is 17.2 Å². The summed E-state index contributed by atoms with van der Waals surface area (Å²) in [6, 6.07) is 17.6. The van der Waals surface area contributed by atoms with Crippen LogP contribution in [-0.4, -0.2) is 24.5 Å². The van der Waals surface area contributed by atoms with Gasteiger partial charge in [-0.25, -0.2) is 4.98 Å². The molecule has 5 heteroatoms. The number of nitrogens with one attached hydrogen (secondary N) is 1. The zero-order valence-corrected chi connectivity index (χ0v) is 14.9. The SMILES string of the molecule is COc1ccccc1C(=O)NCCc1ncc(Cc2ccccc2)s1. The van der Waals surface area contributed by atoms with Crippen LogP contribution < -0.4 is 10.1 Å². The van der Waals surface area contributed by atoms with Crippen LogP contribution in [0.4, 0.5) is 0 Å². The first-order valence-electron chi connectivity index (χ1n) is 8.15. The van der Waals surface area contributed by atoms with E-state index in [4.69, 9.17) is 4.74 Å². The van der Waals surface area contributed by atoms with Gasteiger partial charge in [-0.05, 0) is 17.7 Å². The summed E-state index contributed by atoms with van der Waals surface area (Å²) in [7, 11) is 1.57. The number of carbonyl (C=O) groups is 1. The lowest BCUT2D eigenvalue weighted by atomic mass is 10.1. The van der Waals surface area contributed by atoms with Crippen LogP contribution in [0.25, 0.3) is 0 Å². The molecular weight excluding hydrogens is 332 g/mol. The van der Waals surface area contributed by atoms with Gasteiger partial charge in [-0.2, -0.15) is 0 Å². The number of aromatic nitrogens is 1. The normalized spacial score (nSPS) is 10.4. The fourth-order valence-electron chi connectivity index (χ4n) is 2.55. The van der Waals surface area contributed by atoms with Gasteiger partial charge in [0.25, 0.3) is 5.91 Å². The van der Waals surface area contributed by atoms with Crippen LogP contribution >= 0.6 is 11.3 Å². The Kier molecular flexibility index (Phi) is 5.80. The second kappa shape index (κ2) is 8.44. The molecule has 0 unspecified atom stereocenters. The number of amides is 1. The molecule has 0 saturated heterocycles. The van der Waals surface area contributed by atoms with Crippen molar-refractivity contribution < 1.29 is 9.53 Å². The van der Waals surface area contributed by atoms with Gasteiger partial charge in [0.1, 0.15) is 5.75 Å². The molecule has 0 aliphatic rings. The molecule has 25 heavy (non-hydrogen) atoms. The van der Waals surface area contributed by atoms with Crippen molar-refractivity contribution in [1.29, 1.82) is 0 Å². The average Bonchev–Trinajstić information content (AvgIpc) is 3.09. The Bertz CT molecular complexity index is 830. The van der Waals surface area contributed by atoms with Crippen molar-refractivity contribution in [3.8, 4) is 5.75 Å². The minimum absolute atomic E-state index is 0.126. The van der Waals surface area contributed by atoms with Gasteiger partial charge in [0.2, 0.25) is 0 Å². The van der Waals surface area contributed by atoms with E-state index in [2.05, 4.69) is 22.4 Å². The average molecular weight is 352 g/mol. The maximum absolute atomic E-state index is 12.3. The molecule has 2 aromatic carbocycles. The summed E-state index contributed by atoms with van der Waals surface area (Å²) in [5.41, 5.74) is 1.83. The summed E-state index contributed by atoms with van der Waals surface area (Å²) >= 11 is 1.70. The van der Waals surface area contributed by atoms with Gasteiger partial charge in [0.15, 0.2) is 0 Å². The molecule has 3 aromatic rings. The molecule has 0 saturated carbocycles. The molecule has 1 aromatic heterocycles. The number of carbonyl (C=O) groups excluding carboxylic acids is 1. The molecule has 0 fully saturated rings. The summed E-state index contributed by atoms with van der Waals surface area (Å²) in [6.07, 6.45) is 3.54. The van der Waals surface area contributed by atoms with Crippen LogP contribution in [0, 0.1) is 0 Å². The van der Waals surface area contributed by atoms with E-state index in [-0.39, 0.29) is 5.91 Å². The third kappa shape index (κ3) is 4.67. The Labute approximate surface area is 151 Å². The van der Waals surface area contributed by atoms with Crippen LogP contribution in [0.15, 0.2) is 60.8 Å². The van der Waals surface area contributed by atoms with E-state index in [1.54, 1.807) is 30.6 Å². The summed E-state index contributed by atoms with van der Waals surface area (Å²) in [5.74, 6) is 0.456. The maximum atomic E-state index is 12.3. The van der Waals surface area contributed by atoms with Crippen LogP contribution in [0.2, 0.25) is 0 Å². The van der Waals surface area contributed by atoms with E-state index >= 15 is 0 Å². The molecule has 0 atom stereocenters. The topological polar surface area (TPSA) is 51.2 Å². The molecular formula is C20H20N2O2S. The summed E-state index contributed by atoms with van der Waals surface area (Å²) < 4.78 is 5.22. The number of hydrogen-bond donors (Lipinski definition) is 1. The predicted molar refractivity (Wildman–Crippen MR) is 100 cm³/mol. The van der Waals surface area contributed by atoms with Crippen molar-refractivity contribution in [2.45, 2.75) is 12.8 Å². The van der Waals surface area contributed by atoms with Gasteiger partial charge in [-0.1, -0.05) is 42.5 Å². The smallest absolute Gasteiger partial charge is 0.255 e. The van der Waals surface area contributed by atoms with Gasteiger partial charge in [-0.3, -0.25) is 4.79 Å². The lowest BCUT2D eigenvalue weighted by Crippen LogP contribution is -2.26. The number of nitrogens with zero attached hydrogens (tertiary/aromatic N) is 1. The number of benzene rings is 2. The first kappa shape index (κ1) is 17.2. The molecule has 0 bridgehead atoms. The van der Waals surface area contributed by atoms with Gasteiger partial charge in [0, 0.05) is 30.5 Å². The predicted octanol–water partition coefficient (Wildman–Crippen LogP) is 3.72. The highest BCUT2D eigenvalue weighted by molar-refractivity contribution is 7.11. The lowest BCUT2D eigenvalue weighted by Gasteiger charge is -2.08. The molecule has 0 radical (unpaired) electrons. The van der Waals surface area contributed by atoms with E-state index in [0.717, 1.165) is 17.8 Å². The quantitative estimate of drug-likeness (QED) is 0.705. The van der Waals surface area contributed by atoms with Crippen molar-refractivity contribution in [2.75, 3.05) is 13.7 Å². The largest absolute Gasteiger partial charge is 0.496 e.